The van der Waals surface area contributed by atoms with Gasteiger partial charge >= 0.3 is 0 Å². The first kappa shape index (κ1) is 18.7. The number of halogens is 1. The maximum absolute atomic E-state index is 12.1. The smallest absolute Gasteiger partial charge is 0.271 e. The van der Waals surface area contributed by atoms with Crippen molar-refractivity contribution in [2.45, 2.75) is 0 Å². The van der Waals surface area contributed by atoms with Crippen molar-refractivity contribution in [3.05, 3.63) is 62.0 Å². The van der Waals surface area contributed by atoms with E-state index >= 15 is 0 Å². The number of ether oxygens (including phenoxy) is 1. The number of hydrogen-bond donors (Lipinski definition) is 2. The van der Waals surface area contributed by atoms with Crippen molar-refractivity contribution in [2.24, 2.45) is 4.99 Å². The predicted molar refractivity (Wildman–Crippen MR) is 104 cm³/mol. The average Bonchev–Trinajstić information content (AvgIpc) is 2.97. The molecule has 1 aliphatic heterocycles. The minimum Gasteiger partial charge on any atom is -0.504 e. The number of phenolic OH excluding ortho intramolecular Hbond substituents is 1. The van der Waals surface area contributed by atoms with Gasteiger partial charge in [-0.3, -0.25) is 14.9 Å². The maximum atomic E-state index is 12.1. The molecule has 0 aliphatic carbocycles. The number of benzene rings is 2. The van der Waals surface area contributed by atoms with Crippen LogP contribution < -0.4 is 10.1 Å². The molecule has 0 bridgehead atoms. The van der Waals surface area contributed by atoms with Gasteiger partial charge in [0.1, 0.15) is 0 Å². The quantitative estimate of drug-likeness (QED) is 0.453. The normalized spacial score (nSPS) is 16.6. The molecule has 0 unspecified atom stereocenters. The van der Waals surface area contributed by atoms with Crippen LogP contribution in [0.5, 0.6) is 11.5 Å². The minimum atomic E-state index is -0.554. The lowest BCUT2D eigenvalue weighted by atomic mass is 10.2. The number of nitrogens with one attached hydrogen (secondary N) is 1. The number of amides is 1. The number of nitrogens with zero attached hydrogens (tertiary/aromatic N) is 2. The summed E-state index contributed by atoms with van der Waals surface area (Å²) >= 11 is 7.12. The number of carbonyl (C=O) groups excluding carboxylic acids is 1. The number of aromatic hydroxyl groups is 1. The van der Waals surface area contributed by atoms with Gasteiger partial charge < -0.3 is 15.2 Å². The first-order valence-electron chi connectivity index (χ1n) is 7.48. The molecule has 2 aromatic rings. The van der Waals surface area contributed by atoms with Crippen LogP contribution >= 0.6 is 23.4 Å². The second-order valence-corrected chi connectivity index (χ2v) is 6.74. The molecular formula is C17H12ClN3O5S. The minimum absolute atomic E-state index is 0.00163. The molecule has 0 atom stereocenters. The standard InChI is InChI=1S/C17H12ClN3O5S/c1-26-14-6-9(2-5-13(14)22)7-15-16(23)20-17(27-15)19-12-4-3-10(21(24)25)8-11(12)18/h2-8,22H,1H3,(H,19,20,23)/b15-7+. The summed E-state index contributed by atoms with van der Waals surface area (Å²) < 4.78 is 5.04. The van der Waals surface area contributed by atoms with Crippen molar-refractivity contribution < 1.29 is 19.6 Å². The van der Waals surface area contributed by atoms with Gasteiger partial charge in [0.05, 0.1) is 27.6 Å². The Balaban J connectivity index is 1.85. The lowest BCUT2D eigenvalue weighted by Crippen LogP contribution is -2.19. The summed E-state index contributed by atoms with van der Waals surface area (Å²) in [7, 11) is 1.43. The van der Waals surface area contributed by atoms with E-state index in [1.54, 1.807) is 18.2 Å². The summed E-state index contributed by atoms with van der Waals surface area (Å²) in [5.74, 6) is -0.0543. The number of nitro benzene ring substituents is 1. The van der Waals surface area contributed by atoms with Crippen molar-refractivity contribution in [1.29, 1.82) is 0 Å². The molecule has 2 aromatic carbocycles. The second-order valence-electron chi connectivity index (χ2n) is 5.31. The number of thioether (sulfide) groups is 1. The molecule has 0 radical (unpaired) electrons. The summed E-state index contributed by atoms with van der Waals surface area (Å²) in [6, 6.07) is 8.59. The van der Waals surface area contributed by atoms with Crippen molar-refractivity contribution in [3.63, 3.8) is 0 Å². The number of hydrogen-bond acceptors (Lipinski definition) is 7. The summed E-state index contributed by atoms with van der Waals surface area (Å²) in [6.07, 6.45) is 1.63. The molecule has 0 saturated carbocycles. The zero-order valence-electron chi connectivity index (χ0n) is 13.8. The highest BCUT2D eigenvalue weighted by molar-refractivity contribution is 8.18. The van der Waals surface area contributed by atoms with Crippen LogP contribution in [0.3, 0.4) is 0 Å². The number of methoxy groups -OCH3 is 1. The highest BCUT2D eigenvalue weighted by atomic mass is 35.5. The molecule has 10 heteroatoms. The third-order valence-corrected chi connectivity index (χ3v) is 4.73. The monoisotopic (exact) mass is 405 g/mol. The number of carbonyl (C=O) groups is 1. The molecule has 8 nitrogen and oxygen atoms in total. The third kappa shape index (κ3) is 4.21. The van der Waals surface area contributed by atoms with Crippen LogP contribution in [0.25, 0.3) is 6.08 Å². The van der Waals surface area contributed by atoms with E-state index in [0.29, 0.717) is 27.1 Å². The predicted octanol–water partition coefficient (Wildman–Crippen LogP) is 3.85. The first-order chi connectivity index (χ1) is 12.9. The molecule has 1 amide bonds. The fourth-order valence-electron chi connectivity index (χ4n) is 2.23. The SMILES string of the molecule is COc1cc(/C=C2/SC(=Nc3ccc([N+](=O)[O-])cc3Cl)NC2=O)ccc1O. The Hall–Kier alpha value is -3.04. The zero-order chi connectivity index (χ0) is 19.6. The second kappa shape index (κ2) is 7.68. The van der Waals surface area contributed by atoms with E-state index in [-0.39, 0.29) is 22.4 Å². The van der Waals surface area contributed by atoms with Crippen LogP contribution in [0.1, 0.15) is 5.56 Å². The van der Waals surface area contributed by atoms with Crippen molar-refractivity contribution in [2.75, 3.05) is 7.11 Å². The Morgan fingerprint density at radius 2 is 2.11 bits per heavy atom. The molecule has 1 heterocycles. The Morgan fingerprint density at radius 3 is 2.78 bits per heavy atom. The van der Waals surface area contributed by atoms with Gasteiger partial charge in [0, 0.05) is 12.1 Å². The molecule has 27 heavy (non-hydrogen) atoms. The molecule has 0 spiro atoms. The lowest BCUT2D eigenvalue weighted by Gasteiger charge is -2.03. The van der Waals surface area contributed by atoms with E-state index in [1.807, 2.05) is 0 Å². The van der Waals surface area contributed by atoms with Crippen molar-refractivity contribution in [1.82, 2.24) is 5.32 Å². The first-order valence-corrected chi connectivity index (χ1v) is 8.67. The number of non-ortho nitro benzene ring substituents is 1. The van der Waals surface area contributed by atoms with Gasteiger partial charge in [-0.1, -0.05) is 17.7 Å². The van der Waals surface area contributed by atoms with Crippen LogP contribution in [-0.4, -0.2) is 28.2 Å². The third-order valence-electron chi connectivity index (χ3n) is 3.52. The zero-order valence-corrected chi connectivity index (χ0v) is 15.4. The Morgan fingerprint density at radius 1 is 1.33 bits per heavy atom. The van der Waals surface area contributed by atoms with E-state index in [2.05, 4.69) is 10.3 Å². The van der Waals surface area contributed by atoms with E-state index in [9.17, 15) is 20.0 Å². The average molecular weight is 406 g/mol. The summed E-state index contributed by atoms with van der Waals surface area (Å²) in [5, 5.41) is 23.4. The molecule has 2 N–H and O–H groups in total. The maximum Gasteiger partial charge on any atom is 0.271 e. The summed E-state index contributed by atoms with van der Waals surface area (Å²) in [6.45, 7) is 0. The molecular weight excluding hydrogens is 394 g/mol. The lowest BCUT2D eigenvalue weighted by molar-refractivity contribution is -0.384. The number of nitro groups is 1. The van der Waals surface area contributed by atoms with Gasteiger partial charge in [0.2, 0.25) is 0 Å². The molecule has 3 rings (SSSR count). The number of amidine groups is 1. The van der Waals surface area contributed by atoms with E-state index in [0.717, 1.165) is 11.8 Å². The number of rotatable bonds is 4. The summed E-state index contributed by atoms with van der Waals surface area (Å²) in [4.78, 5) is 27.0. The highest BCUT2D eigenvalue weighted by Crippen LogP contribution is 2.34. The molecule has 138 valence electrons. The van der Waals surface area contributed by atoms with Gasteiger partial charge in [-0.05, 0) is 41.6 Å². The van der Waals surface area contributed by atoms with Crippen LogP contribution in [0.4, 0.5) is 11.4 Å². The van der Waals surface area contributed by atoms with Gasteiger partial charge in [-0.15, -0.1) is 0 Å². The van der Waals surface area contributed by atoms with E-state index in [4.69, 9.17) is 16.3 Å². The van der Waals surface area contributed by atoms with Crippen LogP contribution in [0.2, 0.25) is 5.02 Å². The van der Waals surface area contributed by atoms with E-state index in [1.165, 1.54) is 31.4 Å². The Kier molecular flexibility index (Phi) is 5.33. The van der Waals surface area contributed by atoms with Gasteiger partial charge in [-0.25, -0.2) is 4.99 Å². The fraction of sp³-hybridized carbons (Fsp3) is 0.0588. The largest absolute Gasteiger partial charge is 0.504 e. The van der Waals surface area contributed by atoms with Crippen molar-refractivity contribution >= 4 is 51.9 Å². The van der Waals surface area contributed by atoms with Gasteiger partial charge in [0.15, 0.2) is 16.7 Å². The fourth-order valence-corrected chi connectivity index (χ4v) is 3.28. The van der Waals surface area contributed by atoms with Crippen LogP contribution in [0.15, 0.2) is 46.3 Å². The van der Waals surface area contributed by atoms with Crippen LogP contribution in [-0.2, 0) is 4.79 Å². The molecule has 1 saturated heterocycles. The van der Waals surface area contributed by atoms with Crippen molar-refractivity contribution in [3.8, 4) is 11.5 Å². The number of phenols is 1. The topological polar surface area (TPSA) is 114 Å². The van der Waals surface area contributed by atoms with E-state index < -0.39 is 4.92 Å². The van der Waals surface area contributed by atoms with Gasteiger partial charge in [-0.2, -0.15) is 0 Å². The summed E-state index contributed by atoms with van der Waals surface area (Å²) in [5.41, 5.74) is 0.823. The molecule has 1 fully saturated rings. The highest BCUT2D eigenvalue weighted by Gasteiger charge is 2.24. The Labute approximate surface area is 162 Å². The number of aliphatic imine (C=N–C) groups is 1. The molecule has 1 aliphatic rings. The van der Waals surface area contributed by atoms with Gasteiger partial charge in [0.25, 0.3) is 11.6 Å². The Bertz CT molecular complexity index is 1010. The molecule has 0 aromatic heterocycles. The van der Waals surface area contributed by atoms with Crippen LogP contribution in [0, 0.1) is 10.1 Å².